The Morgan fingerprint density at radius 2 is 1.90 bits per heavy atom. The maximum absolute atomic E-state index is 13.1. The number of thiophene rings is 1. The second kappa shape index (κ2) is 8.63. The van der Waals surface area contributed by atoms with Crippen LogP contribution in [0.4, 0.5) is 11.4 Å². The number of hydrogen-bond acceptors (Lipinski definition) is 7. The first kappa shape index (κ1) is 21.2. The molecule has 164 valence electrons. The number of benzene rings is 1. The number of fused-ring (bicyclic) bond motifs is 2. The average Bonchev–Trinajstić information content (AvgIpc) is 3.11. The molecule has 1 amide bonds. The third-order valence-corrected chi connectivity index (χ3v) is 7.01. The lowest BCUT2D eigenvalue weighted by atomic mass is 9.85. The van der Waals surface area contributed by atoms with Crippen LogP contribution in [-0.4, -0.2) is 32.2 Å². The van der Waals surface area contributed by atoms with Gasteiger partial charge in [-0.25, -0.2) is 4.98 Å². The number of pyridine rings is 1. The fourth-order valence-corrected chi connectivity index (χ4v) is 5.12. The number of methoxy groups -OCH3 is 3. The van der Waals surface area contributed by atoms with E-state index >= 15 is 0 Å². The van der Waals surface area contributed by atoms with Crippen LogP contribution in [0.1, 0.15) is 40.7 Å². The van der Waals surface area contributed by atoms with Crippen molar-refractivity contribution in [1.82, 2.24) is 4.98 Å². The molecule has 2 heterocycles. The zero-order valence-corrected chi connectivity index (χ0v) is 19.0. The first-order valence-electron chi connectivity index (χ1n) is 10.3. The number of carbonyl (C=O) groups excluding carboxylic acids is 1. The smallest absolute Gasteiger partial charge is 0.267 e. The Balaban J connectivity index is 1.66. The van der Waals surface area contributed by atoms with Gasteiger partial charge in [0, 0.05) is 28.9 Å². The van der Waals surface area contributed by atoms with E-state index in [1.165, 1.54) is 44.7 Å². The van der Waals surface area contributed by atoms with Gasteiger partial charge in [0.1, 0.15) is 9.71 Å². The van der Waals surface area contributed by atoms with E-state index in [1.54, 1.807) is 12.1 Å². The van der Waals surface area contributed by atoms with Crippen LogP contribution in [0.15, 0.2) is 18.2 Å². The summed E-state index contributed by atoms with van der Waals surface area (Å²) >= 11 is 1.32. The summed E-state index contributed by atoms with van der Waals surface area (Å²) in [6.07, 6.45) is 4.34. The minimum Gasteiger partial charge on any atom is -0.493 e. The van der Waals surface area contributed by atoms with E-state index in [0.717, 1.165) is 35.2 Å². The van der Waals surface area contributed by atoms with Crippen molar-refractivity contribution >= 4 is 38.8 Å². The molecule has 1 aromatic carbocycles. The van der Waals surface area contributed by atoms with Crippen molar-refractivity contribution in [2.45, 2.75) is 32.6 Å². The molecule has 0 bridgehead atoms. The summed E-state index contributed by atoms with van der Waals surface area (Å²) < 4.78 is 16.1. The van der Waals surface area contributed by atoms with Crippen LogP contribution < -0.4 is 25.3 Å². The predicted octanol–water partition coefficient (Wildman–Crippen LogP) is 4.67. The molecule has 4 rings (SSSR count). The van der Waals surface area contributed by atoms with Crippen LogP contribution in [0.5, 0.6) is 17.2 Å². The van der Waals surface area contributed by atoms with E-state index in [-0.39, 0.29) is 5.91 Å². The molecule has 0 spiro atoms. The van der Waals surface area contributed by atoms with Gasteiger partial charge in [-0.15, -0.1) is 11.3 Å². The van der Waals surface area contributed by atoms with Crippen molar-refractivity contribution in [2.75, 3.05) is 32.4 Å². The lowest BCUT2D eigenvalue weighted by molar-refractivity contribution is 0.103. The van der Waals surface area contributed by atoms with Gasteiger partial charge in [-0.3, -0.25) is 4.79 Å². The van der Waals surface area contributed by atoms with Gasteiger partial charge in [-0.2, -0.15) is 0 Å². The second-order valence-electron chi connectivity index (χ2n) is 7.68. The molecule has 0 aliphatic heterocycles. The fourth-order valence-electron chi connectivity index (χ4n) is 4.12. The Kier molecular flexibility index (Phi) is 5.91. The quantitative estimate of drug-likeness (QED) is 0.577. The first-order chi connectivity index (χ1) is 15.0. The summed E-state index contributed by atoms with van der Waals surface area (Å²) in [6, 6.07) is 5.50. The minimum absolute atomic E-state index is 0.292. The Labute approximate surface area is 185 Å². The number of nitrogens with zero attached hydrogens (tertiary/aromatic N) is 1. The summed E-state index contributed by atoms with van der Waals surface area (Å²) in [4.78, 5) is 19.1. The lowest BCUT2D eigenvalue weighted by Crippen LogP contribution is -2.14. The molecule has 1 aliphatic carbocycles. The van der Waals surface area contributed by atoms with Gasteiger partial charge < -0.3 is 25.3 Å². The van der Waals surface area contributed by atoms with Gasteiger partial charge in [-0.1, -0.05) is 13.3 Å². The number of ether oxygens (including phenoxy) is 3. The molecule has 0 saturated carbocycles. The highest BCUT2D eigenvalue weighted by Crippen LogP contribution is 2.41. The Morgan fingerprint density at radius 3 is 2.52 bits per heavy atom. The highest BCUT2D eigenvalue weighted by atomic mass is 32.1. The van der Waals surface area contributed by atoms with Crippen LogP contribution >= 0.6 is 11.3 Å². The zero-order valence-electron chi connectivity index (χ0n) is 18.2. The number of nitrogens with one attached hydrogen (secondary N) is 1. The number of hydrogen-bond donors (Lipinski definition) is 2. The molecule has 7 nitrogen and oxygen atoms in total. The molecule has 1 aliphatic rings. The molecular weight excluding hydrogens is 414 g/mol. The molecule has 1 atom stereocenters. The summed E-state index contributed by atoms with van der Waals surface area (Å²) in [5.74, 6) is 1.78. The monoisotopic (exact) mass is 441 g/mol. The summed E-state index contributed by atoms with van der Waals surface area (Å²) in [5, 5.41) is 3.75. The summed E-state index contributed by atoms with van der Waals surface area (Å²) in [7, 11) is 4.60. The molecule has 3 N–H and O–H groups in total. The maximum atomic E-state index is 13.1. The van der Waals surface area contributed by atoms with Gasteiger partial charge in [0.2, 0.25) is 5.75 Å². The molecular formula is C23H27N3O4S. The SMILES string of the molecule is CCC1CCc2nc3sc(C(=O)Nc4cc(OC)c(OC)c(OC)c4)c(N)c3cc2C1. The standard InChI is InChI=1S/C23H27N3O4S/c1-5-12-6-7-16-13(8-12)9-15-19(24)21(31-23(15)26-16)22(27)25-14-10-17(28-2)20(30-4)18(11-14)29-3/h9-12H,5-8,24H2,1-4H3,(H,25,27). The van der Waals surface area contributed by atoms with Gasteiger partial charge in [0.15, 0.2) is 11.5 Å². The van der Waals surface area contributed by atoms with E-state index in [4.69, 9.17) is 24.9 Å². The molecule has 3 aromatic rings. The topological polar surface area (TPSA) is 95.7 Å². The van der Waals surface area contributed by atoms with Gasteiger partial charge in [0.25, 0.3) is 5.91 Å². The van der Waals surface area contributed by atoms with Crippen LogP contribution in [0.3, 0.4) is 0 Å². The third-order valence-electron chi connectivity index (χ3n) is 5.89. The van der Waals surface area contributed by atoms with Crippen LogP contribution in [0.2, 0.25) is 0 Å². The van der Waals surface area contributed by atoms with Crippen molar-refractivity contribution in [3.8, 4) is 17.2 Å². The Bertz CT molecular complexity index is 1120. The zero-order chi connectivity index (χ0) is 22.1. The van der Waals surface area contributed by atoms with Crippen LogP contribution in [0, 0.1) is 5.92 Å². The number of nitrogens with two attached hydrogens (primary N) is 1. The first-order valence-corrected chi connectivity index (χ1v) is 11.1. The van der Waals surface area contributed by atoms with Gasteiger partial charge in [0.05, 0.1) is 27.0 Å². The van der Waals surface area contributed by atoms with Crippen LogP contribution in [-0.2, 0) is 12.8 Å². The van der Waals surface area contributed by atoms with E-state index in [9.17, 15) is 4.79 Å². The number of nitrogen functional groups attached to an aromatic ring is 1. The highest BCUT2D eigenvalue weighted by molar-refractivity contribution is 7.21. The molecule has 0 fully saturated rings. The van der Waals surface area contributed by atoms with Crippen molar-refractivity contribution in [1.29, 1.82) is 0 Å². The van der Waals surface area contributed by atoms with E-state index in [0.29, 0.717) is 39.4 Å². The summed E-state index contributed by atoms with van der Waals surface area (Å²) in [6.45, 7) is 2.23. The normalized spacial score (nSPS) is 15.4. The van der Waals surface area contributed by atoms with Crippen LogP contribution in [0.25, 0.3) is 10.2 Å². The maximum Gasteiger partial charge on any atom is 0.267 e. The Morgan fingerprint density at radius 1 is 1.19 bits per heavy atom. The van der Waals surface area contributed by atoms with E-state index in [2.05, 4.69) is 18.3 Å². The molecule has 31 heavy (non-hydrogen) atoms. The van der Waals surface area contributed by atoms with Gasteiger partial charge >= 0.3 is 0 Å². The third kappa shape index (κ3) is 3.87. The number of anilines is 2. The Hall–Kier alpha value is -3.00. The highest BCUT2D eigenvalue weighted by Gasteiger charge is 2.24. The van der Waals surface area contributed by atoms with Crippen molar-refractivity contribution in [3.05, 3.63) is 34.3 Å². The average molecular weight is 442 g/mol. The predicted molar refractivity (Wildman–Crippen MR) is 124 cm³/mol. The van der Waals surface area contributed by atoms with Gasteiger partial charge in [-0.05, 0) is 36.8 Å². The van der Waals surface area contributed by atoms with Crippen molar-refractivity contribution in [2.24, 2.45) is 5.92 Å². The summed E-state index contributed by atoms with van der Waals surface area (Å²) in [5.41, 5.74) is 9.78. The molecule has 0 radical (unpaired) electrons. The lowest BCUT2D eigenvalue weighted by Gasteiger charge is -2.22. The molecule has 8 heteroatoms. The number of rotatable bonds is 6. The van der Waals surface area contributed by atoms with Crippen molar-refractivity contribution in [3.63, 3.8) is 0 Å². The second-order valence-corrected chi connectivity index (χ2v) is 8.68. The molecule has 1 unspecified atom stereocenters. The number of carbonyl (C=O) groups is 1. The number of aromatic nitrogens is 1. The minimum atomic E-state index is -0.292. The van der Waals surface area contributed by atoms with Crippen molar-refractivity contribution < 1.29 is 19.0 Å². The molecule has 0 saturated heterocycles. The van der Waals surface area contributed by atoms with E-state index < -0.39 is 0 Å². The number of aryl methyl sites for hydroxylation is 1. The van der Waals surface area contributed by atoms with E-state index in [1.807, 2.05) is 0 Å². The number of amides is 1. The molecule has 2 aromatic heterocycles. The largest absolute Gasteiger partial charge is 0.493 e. The fraction of sp³-hybridized carbons (Fsp3) is 0.391.